The number of nitrogens with zero attached hydrogens (tertiary/aromatic N) is 2. The third kappa shape index (κ3) is 7.89. The maximum Gasteiger partial charge on any atom is 0.235 e. The zero-order valence-corrected chi connectivity index (χ0v) is 17.4. The number of carbonyl (C=O) groups is 1. The van der Waals surface area contributed by atoms with Crippen LogP contribution >= 0.6 is 0 Å². The molecule has 1 aromatic rings. The van der Waals surface area contributed by atoms with E-state index in [0.717, 1.165) is 45.6 Å². The molecule has 27 heavy (non-hydrogen) atoms. The molecule has 7 heteroatoms. The first-order valence-electron chi connectivity index (χ1n) is 9.91. The number of unbranched alkanes of at least 4 members (excludes halogenated alkanes) is 1. The fraction of sp³-hybridized carbons (Fsp3) is 0.650. The molecule has 0 aromatic heterocycles. The van der Waals surface area contributed by atoms with Crippen molar-refractivity contribution in [1.29, 1.82) is 0 Å². The first kappa shape index (κ1) is 21.7. The van der Waals surface area contributed by atoms with E-state index in [2.05, 4.69) is 46.3 Å². The summed E-state index contributed by atoms with van der Waals surface area (Å²) in [6.45, 7) is 9.67. The molecule has 1 heterocycles. The van der Waals surface area contributed by atoms with Crippen LogP contribution in [0.1, 0.15) is 31.7 Å². The molecule has 0 saturated carbocycles. The Kier molecular flexibility index (Phi) is 8.57. The lowest BCUT2D eigenvalue weighted by Gasteiger charge is -2.36. The van der Waals surface area contributed by atoms with Gasteiger partial charge >= 0.3 is 0 Å². The van der Waals surface area contributed by atoms with Crippen LogP contribution in [0.3, 0.4) is 0 Å². The Labute approximate surface area is 163 Å². The van der Waals surface area contributed by atoms with Crippen molar-refractivity contribution in [3.05, 3.63) is 29.8 Å². The van der Waals surface area contributed by atoms with E-state index in [0.29, 0.717) is 13.0 Å². The summed E-state index contributed by atoms with van der Waals surface area (Å²) in [5.41, 5.74) is 2.59. The van der Waals surface area contributed by atoms with Crippen molar-refractivity contribution in [2.45, 2.75) is 33.1 Å². The average Bonchev–Trinajstić information content (AvgIpc) is 2.61. The summed E-state index contributed by atoms with van der Waals surface area (Å²) in [4.78, 5) is 16.6. The van der Waals surface area contributed by atoms with Crippen LogP contribution in [0.5, 0.6) is 0 Å². The number of aryl methyl sites for hydroxylation is 1. The summed E-state index contributed by atoms with van der Waals surface area (Å²) < 4.78 is 23.2. The minimum atomic E-state index is -3.25. The molecule has 0 radical (unpaired) electrons. The Bertz CT molecular complexity index is 698. The van der Waals surface area contributed by atoms with Crippen molar-refractivity contribution >= 4 is 21.4 Å². The van der Waals surface area contributed by atoms with E-state index in [1.54, 1.807) is 6.92 Å². The highest BCUT2D eigenvalue weighted by Crippen LogP contribution is 2.17. The second-order valence-electron chi connectivity index (χ2n) is 7.32. The topological polar surface area (TPSA) is 69.7 Å². The van der Waals surface area contributed by atoms with Gasteiger partial charge in [0.05, 0.1) is 5.75 Å². The van der Waals surface area contributed by atoms with E-state index in [4.69, 9.17) is 0 Å². The molecule has 1 aromatic carbocycles. The third-order valence-electron chi connectivity index (χ3n) is 4.83. The molecule has 2 rings (SSSR count). The van der Waals surface area contributed by atoms with E-state index in [1.165, 1.54) is 11.3 Å². The van der Waals surface area contributed by atoms with Crippen LogP contribution in [-0.4, -0.2) is 70.0 Å². The summed E-state index contributed by atoms with van der Waals surface area (Å²) in [5.74, 6) is -0.688. The molecule has 0 unspecified atom stereocenters. The number of sulfone groups is 1. The summed E-state index contributed by atoms with van der Waals surface area (Å²) in [6, 6.07) is 8.64. The molecule has 1 fully saturated rings. The fourth-order valence-corrected chi connectivity index (χ4v) is 4.64. The normalized spacial score (nSPS) is 15.7. The lowest BCUT2D eigenvalue weighted by atomic mass is 10.2. The van der Waals surface area contributed by atoms with Gasteiger partial charge < -0.3 is 10.2 Å². The quantitative estimate of drug-likeness (QED) is 0.612. The van der Waals surface area contributed by atoms with Gasteiger partial charge in [-0.2, -0.15) is 0 Å². The lowest BCUT2D eigenvalue weighted by Crippen LogP contribution is -2.46. The van der Waals surface area contributed by atoms with Crippen molar-refractivity contribution in [2.24, 2.45) is 0 Å². The van der Waals surface area contributed by atoms with Crippen molar-refractivity contribution in [3.8, 4) is 0 Å². The smallest absolute Gasteiger partial charge is 0.235 e. The monoisotopic (exact) mass is 395 g/mol. The number of carbonyl (C=O) groups excluding carboxylic acids is 1. The van der Waals surface area contributed by atoms with E-state index >= 15 is 0 Å². The molecule has 1 saturated heterocycles. The van der Waals surface area contributed by atoms with E-state index in [-0.39, 0.29) is 17.4 Å². The third-order valence-corrected chi connectivity index (χ3v) is 6.56. The van der Waals surface area contributed by atoms with Gasteiger partial charge in [-0.15, -0.1) is 0 Å². The van der Waals surface area contributed by atoms with E-state index < -0.39 is 9.84 Å². The van der Waals surface area contributed by atoms with Crippen LogP contribution in [0.2, 0.25) is 0 Å². The Morgan fingerprint density at radius 2 is 1.89 bits per heavy atom. The Morgan fingerprint density at radius 1 is 1.15 bits per heavy atom. The van der Waals surface area contributed by atoms with Crippen molar-refractivity contribution < 1.29 is 13.2 Å². The van der Waals surface area contributed by atoms with Crippen molar-refractivity contribution in [3.63, 3.8) is 0 Å². The van der Waals surface area contributed by atoms with Crippen LogP contribution < -0.4 is 10.2 Å². The highest BCUT2D eigenvalue weighted by atomic mass is 32.2. The molecule has 0 atom stereocenters. The van der Waals surface area contributed by atoms with Crippen LogP contribution in [0.25, 0.3) is 0 Å². The van der Waals surface area contributed by atoms with Crippen molar-refractivity contribution in [1.82, 2.24) is 10.2 Å². The van der Waals surface area contributed by atoms with Gasteiger partial charge in [0, 0.05) is 38.4 Å². The SMILES string of the molecule is CCCS(=O)(=O)CC(=O)NCCCCN1CCN(c2cccc(C)c2)CC1. The van der Waals surface area contributed by atoms with Crippen LogP contribution in [-0.2, 0) is 14.6 Å². The summed E-state index contributed by atoms with van der Waals surface area (Å²) >= 11 is 0. The number of benzene rings is 1. The van der Waals surface area contributed by atoms with Gasteiger partial charge in [0.1, 0.15) is 5.75 Å². The number of anilines is 1. The molecule has 0 spiro atoms. The number of amides is 1. The van der Waals surface area contributed by atoms with Gasteiger partial charge in [-0.3, -0.25) is 9.69 Å². The molecule has 152 valence electrons. The Balaban J connectivity index is 1.58. The van der Waals surface area contributed by atoms with Crippen LogP contribution in [0, 0.1) is 6.92 Å². The van der Waals surface area contributed by atoms with Crippen LogP contribution in [0.4, 0.5) is 5.69 Å². The van der Waals surface area contributed by atoms with Gasteiger partial charge in [0.15, 0.2) is 9.84 Å². The number of nitrogens with one attached hydrogen (secondary N) is 1. The molecular formula is C20H33N3O3S. The van der Waals surface area contributed by atoms with Gasteiger partial charge in [0.2, 0.25) is 5.91 Å². The highest BCUT2D eigenvalue weighted by Gasteiger charge is 2.17. The van der Waals surface area contributed by atoms with Gasteiger partial charge in [-0.1, -0.05) is 19.1 Å². The van der Waals surface area contributed by atoms with Gasteiger partial charge in [-0.25, -0.2) is 8.42 Å². The minimum Gasteiger partial charge on any atom is -0.369 e. The minimum absolute atomic E-state index is 0.0783. The molecular weight excluding hydrogens is 362 g/mol. The Hall–Kier alpha value is -1.60. The standard InChI is InChI=1S/C20H33N3O3S/c1-3-15-27(25,26)17-20(24)21-9-4-5-10-22-11-13-23(14-12-22)19-8-6-7-18(2)16-19/h6-8,16H,3-5,9-15,17H2,1-2H3,(H,21,24). The molecule has 0 bridgehead atoms. The fourth-order valence-electron chi connectivity index (χ4n) is 3.38. The molecule has 0 aliphatic carbocycles. The first-order chi connectivity index (χ1) is 12.9. The van der Waals surface area contributed by atoms with Crippen molar-refractivity contribution in [2.75, 3.05) is 55.7 Å². The summed E-state index contributed by atoms with van der Waals surface area (Å²) in [6.07, 6.45) is 2.43. The predicted molar refractivity (Wildman–Crippen MR) is 111 cm³/mol. The zero-order chi connectivity index (χ0) is 19.7. The molecule has 1 aliphatic rings. The van der Waals surface area contributed by atoms with Gasteiger partial charge in [0.25, 0.3) is 0 Å². The van der Waals surface area contributed by atoms with Gasteiger partial charge in [-0.05, 0) is 50.4 Å². The summed E-state index contributed by atoms with van der Waals surface area (Å²) in [7, 11) is -3.25. The van der Waals surface area contributed by atoms with E-state index in [1.807, 2.05) is 0 Å². The largest absolute Gasteiger partial charge is 0.369 e. The molecule has 1 aliphatic heterocycles. The highest BCUT2D eigenvalue weighted by molar-refractivity contribution is 7.92. The second kappa shape index (κ2) is 10.7. The number of hydrogen-bond acceptors (Lipinski definition) is 5. The average molecular weight is 396 g/mol. The first-order valence-corrected chi connectivity index (χ1v) is 11.7. The maximum absolute atomic E-state index is 11.7. The summed E-state index contributed by atoms with van der Waals surface area (Å²) in [5, 5.41) is 2.72. The van der Waals surface area contributed by atoms with Crippen LogP contribution in [0.15, 0.2) is 24.3 Å². The lowest BCUT2D eigenvalue weighted by molar-refractivity contribution is -0.118. The Morgan fingerprint density at radius 3 is 2.56 bits per heavy atom. The van der Waals surface area contributed by atoms with E-state index in [9.17, 15) is 13.2 Å². The molecule has 1 N–H and O–H groups in total. The zero-order valence-electron chi connectivity index (χ0n) is 16.6. The second-order valence-corrected chi connectivity index (χ2v) is 9.50. The number of piperazine rings is 1. The molecule has 6 nitrogen and oxygen atoms in total. The number of hydrogen-bond donors (Lipinski definition) is 1. The predicted octanol–water partition coefficient (Wildman–Crippen LogP) is 1.84. The number of rotatable bonds is 10. The molecule has 1 amide bonds. The maximum atomic E-state index is 11.7.